The Labute approximate surface area is 122 Å². The molecule has 1 heterocycles. The molecule has 19 heavy (non-hydrogen) atoms. The fourth-order valence-corrected chi connectivity index (χ4v) is 2.14. The van der Waals surface area contributed by atoms with Crippen molar-refractivity contribution < 1.29 is 4.74 Å². The molecule has 0 amide bonds. The van der Waals surface area contributed by atoms with Crippen LogP contribution in [0.5, 0.6) is 11.6 Å². The van der Waals surface area contributed by atoms with Crippen LogP contribution in [0.25, 0.3) is 0 Å². The first-order valence-corrected chi connectivity index (χ1v) is 7.30. The van der Waals surface area contributed by atoms with E-state index in [-0.39, 0.29) is 0 Å². The van der Waals surface area contributed by atoms with Gasteiger partial charge in [-0.2, -0.15) is 4.98 Å². The van der Waals surface area contributed by atoms with Crippen LogP contribution in [-0.2, 0) is 12.8 Å². The molecule has 0 saturated carbocycles. The first kappa shape index (κ1) is 14.0. The lowest BCUT2D eigenvalue weighted by Crippen LogP contribution is -1.97. The summed E-state index contributed by atoms with van der Waals surface area (Å²) in [4.78, 5) is 8.72. The fourth-order valence-electron chi connectivity index (χ4n) is 1.74. The van der Waals surface area contributed by atoms with Crippen molar-refractivity contribution in [3.63, 3.8) is 0 Å². The normalized spacial score (nSPS) is 10.5. The van der Waals surface area contributed by atoms with Gasteiger partial charge in [0.15, 0.2) is 0 Å². The number of rotatable bonds is 5. The quantitative estimate of drug-likeness (QED) is 0.758. The third-order valence-corrected chi connectivity index (χ3v) is 3.15. The van der Waals surface area contributed by atoms with Gasteiger partial charge in [-0.3, -0.25) is 0 Å². The molecule has 0 aliphatic heterocycles. The summed E-state index contributed by atoms with van der Waals surface area (Å²) in [5, 5.41) is 0. The SMILES string of the molecule is CCCc1nc(Br)cc(Oc2ccc(CC)cc2)n1. The highest BCUT2D eigenvalue weighted by Crippen LogP contribution is 2.22. The van der Waals surface area contributed by atoms with Crippen molar-refractivity contribution in [2.75, 3.05) is 0 Å². The summed E-state index contributed by atoms with van der Waals surface area (Å²) in [5.41, 5.74) is 1.29. The number of hydrogen-bond acceptors (Lipinski definition) is 3. The molecule has 2 aromatic rings. The second-order valence-corrected chi connectivity index (χ2v) is 5.11. The smallest absolute Gasteiger partial charge is 0.223 e. The van der Waals surface area contributed by atoms with Gasteiger partial charge in [-0.1, -0.05) is 26.0 Å². The van der Waals surface area contributed by atoms with Gasteiger partial charge in [-0.25, -0.2) is 4.98 Å². The highest BCUT2D eigenvalue weighted by atomic mass is 79.9. The van der Waals surface area contributed by atoms with Crippen molar-refractivity contribution >= 4 is 15.9 Å². The van der Waals surface area contributed by atoms with Gasteiger partial charge in [0.05, 0.1) is 0 Å². The highest BCUT2D eigenvalue weighted by Gasteiger charge is 2.05. The monoisotopic (exact) mass is 320 g/mol. The summed E-state index contributed by atoms with van der Waals surface area (Å²) in [6.07, 6.45) is 2.89. The summed E-state index contributed by atoms with van der Waals surface area (Å²) in [5.74, 6) is 2.18. The summed E-state index contributed by atoms with van der Waals surface area (Å²) in [6.45, 7) is 4.24. The molecule has 1 aromatic heterocycles. The molecule has 2 rings (SSSR count). The Kier molecular flexibility index (Phi) is 4.91. The van der Waals surface area contributed by atoms with Gasteiger partial charge in [-0.15, -0.1) is 0 Å². The molecular formula is C15H17BrN2O. The van der Waals surface area contributed by atoms with E-state index in [2.05, 4.69) is 51.9 Å². The molecule has 0 saturated heterocycles. The second-order valence-electron chi connectivity index (χ2n) is 4.29. The molecule has 100 valence electrons. The number of aryl methyl sites for hydroxylation is 2. The Balaban J connectivity index is 2.17. The van der Waals surface area contributed by atoms with Crippen molar-refractivity contribution in [1.82, 2.24) is 9.97 Å². The number of aromatic nitrogens is 2. The summed E-state index contributed by atoms with van der Waals surface area (Å²) < 4.78 is 6.52. The van der Waals surface area contributed by atoms with E-state index in [1.54, 1.807) is 6.07 Å². The van der Waals surface area contributed by atoms with E-state index < -0.39 is 0 Å². The van der Waals surface area contributed by atoms with Gasteiger partial charge in [0.1, 0.15) is 16.2 Å². The second kappa shape index (κ2) is 6.66. The number of hydrogen-bond donors (Lipinski definition) is 0. The summed E-state index contributed by atoms with van der Waals surface area (Å²) in [7, 11) is 0. The maximum absolute atomic E-state index is 5.76. The molecule has 0 radical (unpaired) electrons. The standard InChI is InChI=1S/C15H17BrN2O/c1-3-5-14-17-13(16)10-15(18-14)19-12-8-6-11(4-2)7-9-12/h6-10H,3-5H2,1-2H3. The first-order valence-electron chi connectivity index (χ1n) is 6.51. The Morgan fingerprint density at radius 1 is 1.11 bits per heavy atom. The molecule has 0 N–H and O–H groups in total. The van der Waals surface area contributed by atoms with E-state index in [0.29, 0.717) is 5.88 Å². The maximum atomic E-state index is 5.76. The summed E-state index contributed by atoms with van der Waals surface area (Å²) >= 11 is 3.39. The van der Waals surface area contributed by atoms with Crippen LogP contribution < -0.4 is 4.74 Å². The third-order valence-electron chi connectivity index (χ3n) is 2.75. The maximum Gasteiger partial charge on any atom is 0.223 e. The van der Waals surface area contributed by atoms with Crippen LogP contribution in [0.2, 0.25) is 0 Å². The van der Waals surface area contributed by atoms with Crippen LogP contribution in [0.4, 0.5) is 0 Å². The first-order chi connectivity index (χ1) is 9.21. The molecule has 0 fully saturated rings. The lowest BCUT2D eigenvalue weighted by molar-refractivity contribution is 0.457. The Morgan fingerprint density at radius 3 is 2.47 bits per heavy atom. The van der Waals surface area contributed by atoms with Crippen LogP contribution in [0.15, 0.2) is 34.9 Å². The fraction of sp³-hybridized carbons (Fsp3) is 0.333. The average molecular weight is 321 g/mol. The van der Waals surface area contributed by atoms with Crippen LogP contribution in [0.1, 0.15) is 31.7 Å². The van der Waals surface area contributed by atoms with E-state index in [9.17, 15) is 0 Å². The van der Waals surface area contributed by atoms with E-state index in [1.807, 2.05) is 12.1 Å². The molecule has 0 aliphatic rings. The van der Waals surface area contributed by atoms with Gasteiger partial charge >= 0.3 is 0 Å². The molecule has 4 heteroatoms. The van der Waals surface area contributed by atoms with E-state index >= 15 is 0 Å². The molecule has 1 aromatic carbocycles. The third kappa shape index (κ3) is 4.03. The number of benzene rings is 1. The lowest BCUT2D eigenvalue weighted by atomic mass is 10.2. The van der Waals surface area contributed by atoms with Crippen LogP contribution in [-0.4, -0.2) is 9.97 Å². The van der Waals surface area contributed by atoms with Gasteiger partial charge in [0.2, 0.25) is 5.88 Å². The van der Waals surface area contributed by atoms with E-state index in [1.165, 1.54) is 5.56 Å². The minimum atomic E-state index is 0.578. The molecular weight excluding hydrogens is 304 g/mol. The minimum Gasteiger partial charge on any atom is -0.439 e. The van der Waals surface area contributed by atoms with Crippen LogP contribution >= 0.6 is 15.9 Å². The molecule has 0 aliphatic carbocycles. The van der Waals surface area contributed by atoms with E-state index in [4.69, 9.17) is 4.74 Å². The van der Waals surface area contributed by atoms with E-state index in [0.717, 1.165) is 35.4 Å². The zero-order chi connectivity index (χ0) is 13.7. The average Bonchev–Trinajstić information content (AvgIpc) is 2.39. The van der Waals surface area contributed by atoms with Gasteiger partial charge in [0.25, 0.3) is 0 Å². The van der Waals surface area contributed by atoms with Crippen molar-refractivity contribution in [1.29, 1.82) is 0 Å². The molecule has 3 nitrogen and oxygen atoms in total. The van der Waals surface area contributed by atoms with Crippen molar-refractivity contribution in [3.05, 3.63) is 46.3 Å². The molecule has 0 atom stereocenters. The Hall–Kier alpha value is -1.42. The van der Waals surface area contributed by atoms with Crippen LogP contribution in [0.3, 0.4) is 0 Å². The predicted molar refractivity (Wildman–Crippen MR) is 79.6 cm³/mol. The topological polar surface area (TPSA) is 35.0 Å². The van der Waals surface area contributed by atoms with Crippen molar-refractivity contribution in [2.45, 2.75) is 33.1 Å². The van der Waals surface area contributed by atoms with Gasteiger partial charge in [-0.05, 0) is 46.5 Å². The zero-order valence-electron chi connectivity index (χ0n) is 11.2. The Morgan fingerprint density at radius 2 is 1.84 bits per heavy atom. The Bertz CT molecular complexity index is 540. The van der Waals surface area contributed by atoms with Gasteiger partial charge in [0, 0.05) is 12.5 Å². The molecule has 0 spiro atoms. The molecule has 0 unspecified atom stereocenters. The van der Waals surface area contributed by atoms with Crippen LogP contribution in [0, 0.1) is 0 Å². The van der Waals surface area contributed by atoms with Gasteiger partial charge < -0.3 is 4.74 Å². The highest BCUT2D eigenvalue weighted by molar-refractivity contribution is 9.10. The predicted octanol–water partition coefficient (Wildman–Crippen LogP) is 4.55. The largest absolute Gasteiger partial charge is 0.439 e. The number of ether oxygens (including phenoxy) is 1. The minimum absolute atomic E-state index is 0.578. The number of nitrogens with zero attached hydrogens (tertiary/aromatic N) is 2. The molecule has 0 bridgehead atoms. The summed E-state index contributed by atoms with van der Waals surface area (Å²) in [6, 6.07) is 9.85. The lowest BCUT2D eigenvalue weighted by Gasteiger charge is -2.07. The van der Waals surface area contributed by atoms with Crippen molar-refractivity contribution in [2.24, 2.45) is 0 Å². The zero-order valence-corrected chi connectivity index (χ0v) is 12.8. The number of halogens is 1. The van der Waals surface area contributed by atoms with Crippen molar-refractivity contribution in [3.8, 4) is 11.6 Å².